The van der Waals surface area contributed by atoms with Gasteiger partial charge in [0.15, 0.2) is 0 Å². The molecule has 2 aliphatic rings. The number of aromatic nitrogens is 1. The van der Waals surface area contributed by atoms with Gasteiger partial charge in [-0.3, -0.25) is 10.1 Å². The Kier molecular flexibility index (Phi) is 6.40. The molecule has 1 aromatic heterocycles. The SMILES string of the molecule is CCNC(=O)NC1(C2CNCCC2(C)C(=O)O)N=CC=CN1c1cc(CC)c2scnc2c1. The highest BCUT2D eigenvalue weighted by atomic mass is 32.1. The third kappa shape index (κ3) is 3.97. The van der Waals surface area contributed by atoms with E-state index in [2.05, 4.69) is 33.9 Å². The lowest BCUT2D eigenvalue weighted by atomic mass is 9.68. The lowest BCUT2D eigenvalue weighted by molar-refractivity contribution is -0.155. The summed E-state index contributed by atoms with van der Waals surface area (Å²) in [5, 5.41) is 19.4. The third-order valence-electron chi connectivity index (χ3n) is 6.66. The van der Waals surface area contributed by atoms with E-state index in [0.717, 1.165) is 27.9 Å². The number of aryl methyl sites for hydroxylation is 1. The zero-order valence-corrected chi connectivity index (χ0v) is 19.9. The molecule has 9 nitrogen and oxygen atoms in total. The van der Waals surface area contributed by atoms with Gasteiger partial charge in [-0.1, -0.05) is 6.92 Å². The summed E-state index contributed by atoms with van der Waals surface area (Å²) in [7, 11) is 0. The number of carbonyl (C=O) groups is 2. The summed E-state index contributed by atoms with van der Waals surface area (Å²) < 4.78 is 1.13. The summed E-state index contributed by atoms with van der Waals surface area (Å²) in [6, 6.07) is 3.64. The molecule has 1 aromatic carbocycles. The Bertz CT molecular complexity index is 1110. The first-order valence-electron chi connectivity index (χ1n) is 11.2. The smallest absolute Gasteiger partial charge is 0.318 e. The standard InChI is InChI=1S/C23H30N6O3S/c1-4-15-11-16(12-17-19(15)33-14-26-17)29-10-6-8-27-23(29,28-21(32)25-5-2)18-13-24-9-7-22(18,3)20(30)31/h6,8,10-12,14,18,24H,4-5,7,9,13H2,1-3H3,(H,30,31)(H2,25,28,32). The maximum Gasteiger partial charge on any atom is 0.318 e. The van der Waals surface area contributed by atoms with E-state index in [1.165, 1.54) is 0 Å². The number of piperidine rings is 1. The highest BCUT2D eigenvalue weighted by Gasteiger charge is 2.57. The van der Waals surface area contributed by atoms with Gasteiger partial charge in [-0.05, 0) is 57.0 Å². The second kappa shape index (κ2) is 9.11. The molecule has 3 atom stereocenters. The topological polar surface area (TPSA) is 119 Å². The van der Waals surface area contributed by atoms with Gasteiger partial charge in [0.05, 0.1) is 27.1 Å². The second-order valence-corrected chi connectivity index (χ2v) is 9.44. The van der Waals surface area contributed by atoms with Gasteiger partial charge in [-0.25, -0.2) is 14.8 Å². The molecule has 0 bridgehead atoms. The number of nitrogens with zero attached hydrogens (tertiary/aromatic N) is 3. The Morgan fingerprint density at radius 3 is 2.91 bits per heavy atom. The van der Waals surface area contributed by atoms with Crippen molar-refractivity contribution >= 4 is 45.5 Å². The van der Waals surface area contributed by atoms with Crippen LogP contribution in [0, 0.1) is 11.3 Å². The van der Waals surface area contributed by atoms with Crippen LogP contribution in [0.2, 0.25) is 0 Å². The molecule has 3 unspecified atom stereocenters. The molecule has 0 radical (unpaired) electrons. The molecule has 1 saturated heterocycles. The number of allylic oxidation sites excluding steroid dienone is 1. The van der Waals surface area contributed by atoms with E-state index in [1.54, 1.807) is 30.6 Å². The van der Waals surface area contributed by atoms with Gasteiger partial charge in [0.25, 0.3) is 0 Å². The molecule has 2 aromatic rings. The Balaban J connectivity index is 1.90. The molecule has 3 heterocycles. The van der Waals surface area contributed by atoms with Crippen molar-refractivity contribution in [3.63, 3.8) is 0 Å². The highest BCUT2D eigenvalue weighted by molar-refractivity contribution is 7.17. The average molecular weight is 471 g/mol. The van der Waals surface area contributed by atoms with Crippen molar-refractivity contribution in [2.24, 2.45) is 16.3 Å². The van der Waals surface area contributed by atoms with Crippen LogP contribution in [0.25, 0.3) is 10.2 Å². The molecule has 1 fully saturated rings. The number of carboxylic acid groups (broad SMARTS) is 1. The van der Waals surface area contributed by atoms with E-state index in [-0.39, 0.29) is 0 Å². The fraction of sp³-hybridized carbons (Fsp3) is 0.478. The van der Waals surface area contributed by atoms with E-state index in [1.807, 2.05) is 29.6 Å². The number of amides is 2. The number of aliphatic imine (C=N–C) groups is 1. The number of hydrogen-bond acceptors (Lipinski definition) is 7. The fourth-order valence-electron chi connectivity index (χ4n) is 4.81. The summed E-state index contributed by atoms with van der Waals surface area (Å²) in [5.74, 6) is -2.81. The van der Waals surface area contributed by atoms with Crippen LogP contribution in [0.5, 0.6) is 0 Å². The number of aliphatic carboxylic acids is 1. The van der Waals surface area contributed by atoms with Crippen molar-refractivity contribution in [2.75, 3.05) is 24.5 Å². The normalized spacial score (nSPS) is 27.0. The zero-order chi connectivity index (χ0) is 23.6. The van der Waals surface area contributed by atoms with Crippen LogP contribution in [-0.4, -0.2) is 53.7 Å². The van der Waals surface area contributed by atoms with Crippen molar-refractivity contribution < 1.29 is 14.7 Å². The number of thiazole rings is 1. The molecule has 4 N–H and O–H groups in total. The van der Waals surface area contributed by atoms with Gasteiger partial charge < -0.3 is 20.6 Å². The number of rotatable bonds is 6. The van der Waals surface area contributed by atoms with Gasteiger partial charge in [-0.2, -0.15) is 0 Å². The lowest BCUT2D eigenvalue weighted by Gasteiger charge is -2.52. The summed E-state index contributed by atoms with van der Waals surface area (Å²) in [5.41, 5.74) is 3.53. The van der Waals surface area contributed by atoms with Crippen LogP contribution in [0.4, 0.5) is 10.5 Å². The number of benzene rings is 1. The molecule has 0 aliphatic carbocycles. The van der Waals surface area contributed by atoms with Crippen molar-refractivity contribution in [3.8, 4) is 0 Å². The van der Waals surface area contributed by atoms with Gasteiger partial charge in [0, 0.05) is 31.2 Å². The van der Waals surface area contributed by atoms with Gasteiger partial charge in [0.2, 0.25) is 5.79 Å². The number of anilines is 1. The number of hydrogen-bond donors (Lipinski definition) is 4. The van der Waals surface area contributed by atoms with Gasteiger partial charge in [0.1, 0.15) is 0 Å². The van der Waals surface area contributed by atoms with Crippen molar-refractivity contribution in [1.29, 1.82) is 0 Å². The average Bonchev–Trinajstić information content (AvgIpc) is 3.28. The molecule has 33 heavy (non-hydrogen) atoms. The molecule has 2 aliphatic heterocycles. The molecular formula is C23H30N6O3S. The largest absolute Gasteiger partial charge is 0.481 e. The number of fused-ring (bicyclic) bond motifs is 1. The van der Waals surface area contributed by atoms with Crippen LogP contribution < -0.4 is 20.9 Å². The summed E-state index contributed by atoms with van der Waals surface area (Å²) in [4.78, 5) is 36.6. The number of carbonyl (C=O) groups excluding carboxylic acids is 1. The van der Waals surface area contributed by atoms with Crippen LogP contribution in [0.15, 0.2) is 34.9 Å². The first-order chi connectivity index (χ1) is 15.9. The molecular weight excluding hydrogens is 440 g/mol. The highest BCUT2D eigenvalue weighted by Crippen LogP contribution is 2.45. The summed E-state index contributed by atoms with van der Waals surface area (Å²) >= 11 is 1.60. The number of nitrogens with one attached hydrogen (secondary N) is 3. The molecule has 4 rings (SSSR count). The molecule has 0 saturated carbocycles. The molecule has 176 valence electrons. The summed E-state index contributed by atoms with van der Waals surface area (Å²) in [6.07, 6.45) is 6.51. The lowest BCUT2D eigenvalue weighted by Crippen LogP contribution is -2.71. The third-order valence-corrected chi connectivity index (χ3v) is 7.58. The van der Waals surface area contributed by atoms with Gasteiger partial charge >= 0.3 is 12.0 Å². The van der Waals surface area contributed by atoms with Gasteiger partial charge in [-0.15, -0.1) is 11.3 Å². The first-order valence-corrected chi connectivity index (χ1v) is 12.1. The van der Waals surface area contributed by atoms with E-state index < -0.39 is 29.1 Å². The van der Waals surface area contributed by atoms with E-state index >= 15 is 0 Å². The minimum atomic E-state index is -1.34. The van der Waals surface area contributed by atoms with E-state index in [0.29, 0.717) is 26.1 Å². The number of carboxylic acids is 1. The second-order valence-electron chi connectivity index (χ2n) is 8.59. The van der Waals surface area contributed by atoms with E-state index in [4.69, 9.17) is 4.99 Å². The monoisotopic (exact) mass is 470 g/mol. The maximum absolute atomic E-state index is 12.9. The van der Waals surface area contributed by atoms with Crippen LogP contribution >= 0.6 is 11.3 Å². The predicted octanol–water partition coefficient (Wildman–Crippen LogP) is 2.94. The Morgan fingerprint density at radius 1 is 1.36 bits per heavy atom. The fourth-order valence-corrected chi connectivity index (χ4v) is 5.67. The maximum atomic E-state index is 12.9. The molecule has 10 heteroatoms. The predicted molar refractivity (Wildman–Crippen MR) is 131 cm³/mol. The quantitative estimate of drug-likeness (QED) is 0.515. The van der Waals surface area contributed by atoms with Crippen LogP contribution in [0.1, 0.15) is 32.8 Å². The molecule has 2 amide bonds. The Labute approximate surface area is 197 Å². The zero-order valence-electron chi connectivity index (χ0n) is 19.1. The van der Waals surface area contributed by atoms with Crippen molar-refractivity contribution in [1.82, 2.24) is 20.9 Å². The van der Waals surface area contributed by atoms with Crippen LogP contribution in [-0.2, 0) is 11.2 Å². The Hall–Kier alpha value is -2.98. The first kappa shape index (κ1) is 23.2. The van der Waals surface area contributed by atoms with Crippen LogP contribution in [0.3, 0.4) is 0 Å². The minimum Gasteiger partial charge on any atom is -0.481 e. The van der Waals surface area contributed by atoms with Crippen molar-refractivity contribution in [2.45, 2.75) is 39.4 Å². The summed E-state index contributed by atoms with van der Waals surface area (Å²) in [6.45, 7) is 7.08. The minimum absolute atomic E-state index is 0.385. The number of urea groups is 1. The Morgan fingerprint density at radius 2 is 2.18 bits per heavy atom. The molecule has 0 spiro atoms. The van der Waals surface area contributed by atoms with E-state index in [9.17, 15) is 14.7 Å². The van der Waals surface area contributed by atoms with Crippen molar-refractivity contribution in [3.05, 3.63) is 35.5 Å².